The van der Waals surface area contributed by atoms with E-state index in [1.807, 2.05) is 12.1 Å². The number of carbonyl (C=O) groups excluding carboxylic acids is 3. The van der Waals surface area contributed by atoms with Crippen LogP contribution in [0.5, 0.6) is 0 Å². The number of hydrogen-bond donors (Lipinski definition) is 2. The minimum atomic E-state index is -0.334. The summed E-state index contributed by atoms with van der Waals surface area (Å²) < 4.78 is 4.61. The summed E-state index contributed by atoms with van der Waals surface area (Å²) in [5.41, 5.74) is 0. The van der Waals surface area contributed by atoms with Gasteiger partial charge in [0.25, 0.3) is 0 Å². The summed E-state index contributed by atoms with van der Waals surface area (Å²) in [6.45, 7) is 0.540. The van der Waals surface area contributed by atoms with E-state index in [1.165, 1.54) is 18.4 Å². The Morgan fingerprint density at radius 1 is 1.45 bits per heavy atom. The number of nitrogens with one attached hydrogen (secondary N) is 2. The third kappa shape index (κ3) is 3.88. The first kappa shape index (κ1) is 14.7. The van der Waals surface area contributed by atoms with Crippen LogP contribution in [-0.4, -0.2) is 30.9 Å². The maximum Gasteiger partial charge on any atom is 0.310 e. The van der Waals surface area contributed by atoms with Gasteiger partial charge in [-0.2, -0.15) is 0 Å². The van der Waals surface area contributed by atoms with Crippen LogP contribution in [0.15, 0.2) is 12.1 Å². The van der Waals surface area contributed by atoms with Crippen LogP contribution < -0.4 is 10.6 Å². The average molecular weight is 296 g/mol. The molecule has 2 rings (SSSR count). The predicted octanol–water partition coefficient (Wildman–Crippen LogP) is 0.358. The molecule has 2 amide bonds. The first-order valence-corrected chi connectivity index (χ1v) is 7.11. The van der Waals surface area contributed by atoms with Crippen LogP contribution in [0, 0.1) is 0 Å². The molecule has 108 valence electrons. The van der Waals surface area contributed by atoms with Gasteiger partial charge in [-0.25, -0.2) is 0 Å². The molecule has 0 aromatic carbocycles. The third-order valence-electron chi connectivity index (χ3n) is 3.03. The molecule has 2 heterocycles. The van der Waals surface area contributed by atoms with Gasteiger partial charge in [0.15, 0.2) is 0 Å². The van der Waals surface area contributed by atoms with Crippen molar-refractivity contribution in [3.8, 4) is 0 Å². The summed E-state index contributed by atoms with van der Waals surface area (Å²) in [5, 5.41) is 5.43. The van der Waals surface area contributed by atoms with Gasteiger partial charge in [0, 0.05) is 22.7 Å². The minimum Gasteiger partial charge on any atom is -0.469 e. The van der Waals surface area contributed by atoms with Gasteiger partial charge >= 0.3 is 5.97 Å². The van der Waals surface area contributed by atoms with Crippen molar-refractivity contribution in [1.82, 2.24) is 10.6 Å². The molecule has 0 saturated carbocycles. The number of amides is 2. The van der Waals surface area contributed by atoms with Crippen molar-refractivity contribution >= 4 is 29.1 Å². The van der Waals surface area contributed by atoms with E-state index in [1.54, 1.807) is 0 Å². The minimum absolute atomic E-state index is 0.218. The van der Waals surface area contributed by atoms with Crippen LogP contribution in [0.3, 0.4) is 0 Å². The molecule has 1 aromatic heterocycles. The van der Waals surface area contributed by atoms with Crippen LogP contribution in [-0.2, 0) is 32.1 Å². The Morgan fingerprint density at radius 2 is 2.20 bits per heavy atom. The Bertz CT molecular complexity index is 526. The Hall–Kier alpha value is -1.73. The maximum absolute atomic E-state index is 11.6. The quantitative estimate of drug-likeness (QED) is 0.605. The summed E-state index contributed by atoms with van der Waals surface area (Å²) in [5.74, 6) is -0.756. The molecule has 1 atom stereocenters. The summed E-state index contributed by atoms with van der Waals surface area (Å²) in [6.07, 6.45) is 1.14. The molecule has 7 heteroatoms. The molecule has 2 N–H and O–H groups in total. The van der Waals surface area contributed by atoms with Gasteiger partial charge in [-0.15, -0.1) is 11.3 Å². The van der Waals surface area contributed by atoms with Gasteiger partial charge in [-0.05, 0) is 18.6 Å². The van der Waals surface area contributed by atoms with Crippen LogP contribution in [0.2, 0.25) is 0 Å². The Morgan fingerprint density at radius 3 is 2.90 bits per heavy atom. The van der Waals surface area contributed by atoms with Gasteiger partial charge in [0.1, 0.15) is 0 Å². The van der Waals surface area contributed by atoms with Gasteiger partial charge in [0.2, 0.25) is 11.8 Å². The first-order valence-electron chi connectivity index (χ1n) is 6.30. The second-order valence-electron chi connectivity index (χ2n) is 4.51. The molecule has 0 radical (unpaired) electrons. The first-order chi connectivity index (χ1) is 9.58. The molecule has 1 aromatic rings. The van der Waals surface area contributed by atoms with Crippen molar-refractivity contribution in [3.05, 3.63) is 21.9 Å². The normalized spacial score (nSPS) is 18.8. The van der Waals surface area contributed by atoms with Gasteiger partial charge in [-0.3, -0.25) is 19.7 Å². The van der Waals surface area contributed by atoms with Gasteiger partial charge < -0.3 is 10.1 Å². The number of rotatable bonds is 5. The highest BCUT2D eigenvalue weighted by Crippen LogP contribution is 2.18. The molecule has 6 nitrogen and oxygen atoms in total. The zero-order valence-corrected chi connectivity index (χ0v) is 11.9. The van der Waals surface area contributed by atoms with Crippen LogP contribution in [0.25, 0.3) is 0 Å². The molecule has 1 aliphatic rings. The molecule has 0 aliphatic carbocycles. The van der Waals surface area contributed by atoms with Crippen molar-refractivity contribution in [2.24, 2.45) is 0 Å². The van der Waals surface area contributed by atoms with Crippen LogP contribution in [0.4, 0.5) is 0 Å². The molecule has 1 saturated heterocycles. The summed E-state index contributed by atoms with van der Waals surface area (Å²) in [7, 11) is 1.36. The highest BCUT2D eigenvalue weighted by Gasteiger charge is 2.25. The van der Waals surface area contributed by atoms with Crippen molar-refractivity contribution in [2.75, 3.05) is 7.11 Å². The highest BCUT2D eigenvalue weighted by molar-refractivity contribution is 7.12. The topological polar surface area (TPSA) is 84.5 Å². The van der Waals surface area contributed by atoms with Crippen molar-refractivity contribution in [2.45, 2.75) is 31.8 Å². The smallest absolute Gasteiger partial charge is 0.310 e. The molecule has 1 fully saturated rings. The van der Waals surface area contributed by atoms with E-state index in [-0.39, 0.29) is 30.2 Å². The molecule has 0 bridgehead atoms. The van der Waals surface area contributed by atoms with E-state index >= 15 is 0 Å². The maximum atomic E-state index is 11.6. The van der Waals surface area contributed by atoms with E-state index in [0.717, 1.165) is 9.75 Å². The number of hydrogen-bond acceptors (Lipinski definition) is 6. The standard InChI is InChI=1S/C13H16N2O4S/c1-19-12(17)6-8-2-3-9(20-8)7-14-10-4-5-11(16)15-13(10)18/h2-3,10,14H,4-7H2,1H3,(H,15,16,18). The lowest BCUT2D eigenvalue weighted by Gasteiger charge is -2.21. The van der Waals surface area contributed by atoms with Gasteiger partial charge in [0.05, 0.1) is 19.6 Å². The lowest BCUT2D eigenvalue weighted by Crippen LogP contribution is -2.50. The Kier molecular flexibility index (Phi) is 4.86. The lowest BCUT2D eigenvalue weighted by atomic mass is 10.1. The number of piperidine rings is 1. The Labute approximate surface area is 120 Å². The second kappa shape index (κ2) is 6.62. The van der Waals surface area contributed by atoms with E-state index in [0.29, 0.717) is 19.4 Å². The van der Waals surface area contributed by atoms with Gasteiger partial charge in [-0.1, -0.05) is 0 Å². The fraction of sp³-hybridized carbons (Fsp3) is 0.462. The molecular weight excluding hydrogens is 280 g/mol. The number of imide groups is 1. The fourth-order valence-corrected chi connectivity index (χ4v) is 2.89. The number of thiophene rings is 1. The molecule has 1 unspecified atom stereocenters. The summed E-state index contributed by atoms with van der Waals surface area (Å²) in [6, 6.07) is 3.46. The van der Waals surface area contributed by atoms with Crippen molar-refractivity contribution < 1.29 is 19.1 Å². The predicted molar refractivity (Wildman–Crippen MR) is 73.1 cm³/mol. The van der Waals surface area contributed by atoms with E-state index in [9.17, 15) is 14.4 Å². The lowest BCUT2D eigenvalue weighted by molar-refractivity contribution is -0.140. The second-order valence-corrected chi connectivity index (χ2v) is 5.76. The van der Waals surface area contributed by atoms with Crippen LogP contribution in [0.1, 0.15) is 22.6 Å². The summed E-state index contributed by atoms with van der Waals surface area (Å²) >= 11 is 1.50. The molecule has 20 heavy (non-hydrogen) atoms. The fourth-order valence-electron chi connectivity index (χ4n) is 1.94. The molecular formula is C13H16N2O4S. The molecule has 0 spiro atoms. The zero-order chi connectivity index (χ0) is 14.5. The van der Waals surface area contributed by atoms with E-state index in [2.05, 4.69) is 15.4 Å². The van der Waals surface area contributed by atoms with E-state index in [4.69, 9.17) is 0 Å². The third-order valence-corrected chi connectivity index (χ3v) is 4.11. The SMILES string of the molecule is COC(=O)Cc1ccc(CNC2CCC(=O)NC2=O)s1. The van der Waals surface area contributed by atoms with E-state index < -0.39 is 0 Å². The zero-order valence-electron chi connectivity index (χ0n) is 11.1. The van der Waals surface area contributed by atoms with Crippen molar-refractivity contribution in [1.29, 1.82) is 0 Å². The van der Waals surface area contributed by atoms with Crippen LogP contribution >= 0.6 is 11.3 Å². The molecule has 1 aliphatic heterocycles. The number of esters is 1. The number of carbonyl (C=O) groups is 3. The van der Waals surface area contributed by atoms with Crippen molar-refractivity contribution in [3.63, 3.8) is 0 Å². The average Bonchev–Trinajstić information content (AvgIpc) is 2.85. The monoisotopic (exact) mass is 296 g/mol. The Balaban J connectivity index is 1.83. The number of methoxy groups -OCH3 is 1. The number of ether oxygens (including phenoxy) is 1. The highest BCUT2D eigenvalue weighted by atomic mass is 32.1. The largest absolute Gasteiger partial charge is 0.469 e. The summed E-state index contributed by atoms with van der Waals surface area (Å²) in [4.78, 5) is 35.7.